The molecule has 4 nitrogen and oxygen atoms in total. The number of carbonyl (C=O) groups is 1. The lowest BCUT2D eigenvalue weighted by atomic mass is 9.91. The van der Waals surface area contributed by atoms with Crippen LogP contribution in [0.25, 0.3) is 10.9 Å². The second-order valence-electron chi connectivity index (χ2n) is 6.24. The van der Waals surface area contributed by atoms with Gasteiger partial charge in [0.15, 0.2) is 0 Å². The zero-order chi connectivity index (χ0) is 16.5. The summed E-state index contributed by atoms with van der Waals surface area (Å²) < 4.78 is 5.28. The van der Waals surface area contributed by atoms with E-state index in [2.05, 4.69) is 28.5 Å². The van der Waals surface area contributed by atoms with Crippen LogP contribution in [0.3, 0.4) is 0 Å². The predicted molar refractivity (Wildman–Crippen MR) is 94.6 cm³/mol. The van der Waals surface area contributed by atoms with Crippen LogP contribution < -0.4 is 10.1 Å². The van der Waals surface area contributed by atoms with Gasteiger partial charge in [-0.2, -0.15) is 0 Å². The molecule has 1 aliphatic rings. The topological polar surface area (TPSA) is 54.1 Å². The number of benzene rings is 2. The minimum atomic E-state index is -0.0722. The fraction of sp³-hybridized carbons (Fsp3) is 0.250. The molecule has 1 aliphatic carbocycles. The van der Waals surface area contributed by atoms with E-state index in [0.717, 1.165) is 19.3 Å². The van der Waals surface area contributed by atoms with Crippen molar-refractivity contribution in [1.82, 2.24) is 10.3 Å². The van der Waals surface area contributed by atoms with Gasteiger partial charge in [0.2, 0.25) is 0 Å². The fourth-order valence-corrected chi connectivity index (χ4v) is 3.60. The second-order valence-corrected chi connectivity index (χ2v) is 6.24. The van der Waals surface area contributed by atoms with Crippen LogP contribution in [0.5, 0.6) is 5.75 Å². The first kappa shape index (κ1) is 14.8. The SMILES string of the molecule is COc1ccccc1C(=O)NC1CCc2c([nH]c3ccccc23)C1. The Morgan fingerprint density at radius 1 is 1.17 bits per heavy atom. The first-order valence-electron chi connectivity index (χ1n) is 8.28. The molecular weight excluding hydrogens is 300 g/mol. The zero-order valence-corrected chi connectivity index (χ0v) is 13.6. The van der Waals surface area contributed by atoms with Crippen molar-refractivity contribution in [1.29, 1.82) is 0 Å². The van der Waals surface area contributed by atoms with Gasteiger partial charge in [-0.1, -0.05) is 30.3 Å². The molecule has 122 valence electrons. The summed E-state index contributed by atoms with van der Waals surface area (Å²) in [5.74, 6) is 0.536. The molecule has 0 fully saturated rings. The number of H-pyrrole nitrogens is 1. The average Bonchev–Trinajstić information content (AvgIpc) is 2.99. The summed E-state index contributed by atoms with van der Waals surface area (Å²) in [6.07, 6.45) is 2.77. The Morgan fingerprint density at radius 2 is 1.96 bits per heavy atom. The lowest BCUT2D eigenvalue weighted by molar-refractivity contribution is 0.0930. The monoisotopic (exact) mass is 320 g/mol. The number of aromatic nitrogens is 1. The van der Waals surface area contributed by atoms with Crippen molar-refractivity contribution < 1.29 is 9.53 Å². The molecule has 24 heavy (non-hydrogen) atoms. The summed E-state index contributed by atoms with van der Waals surface area (Å²) in [6, 6.07) is 15.9. The molecule has 0 spiro atoms. The van der Waals surface area contributed by atoms with Crippen molar-refractivity contribution in [3.63, 3.8) is 0 Å². The van der Waals surface area contributed by atoms with Gasteiger partial charge in [0.25, 0.3) is 5.91 Å². The Balaban J connectivity index is 1.54. The molecule has 2 aromatic carbocycles. The van der Waals surface area contributed by atoms with Gasteiger partial charge in [-0.25, -0.2) is 0 Å². The number of fused-ring (bicyclic) bond motifs is 3. The van der Waals surface area contributed by atoms with E-state index in [1.807, 2.05) is 24.3 Å². The molecule has 1 aromatic heterocycles. The van der Waals surface area contributed by atoms with E-state index in [-0.39, 0.29) is 11.9 Å². The lowest BCUT2D eigenvalue weighted by Gasteiger charge is -2.24. The molecule has 3 aromatic rings. The number of nitrogens with one attached hydrogen (secondary N) is 2. The number of hydrogen-bond acceptors (Lipinski definition) is 2. The summed E-state index contributed by atoms with van der Waals surface area (Å²) in [5.41, 5.74) is 4.41. The highest BCUT2D eigenvalue weighted by molar-refractivity contribution is 5.97. The van der Waals surface area contributed by atoms with Crippen molar-refractivity contribution >= 4 is 16.8 Å². The number of aryl methyl sites for hydroxylation is 1. The maximum Gasteiger partial charge on any atom is 0.255 e. The van der Waals surface area contributed by atoms with Gasteiger partial charge in [0.05, 0.1) is 12.7 Å². The van der Waals surface area contributed by atoms with Crippen molar-refractivity contribution in [2.75, 3.05) is 7.11 Å². The third-order valence-corrected chi connectivity index (χ3v) is 4.78. The number of para-hydroxylation sites is 2. The predicted octanol–water partition coefficient (Wildman–Crippen LogP) is 3.46. The standard InChI is InChI=1S/C20H20N2O2/c1-24-19-9-5-3-7-16(19)20(23)21-13-10-11-15-14-6-2-4-8-17(14)22-18(15)12-13/h2-9,13,22H,10-12H2,1H3,(H,21,23). The van der Waals surface area contributed by atoms with Gasteiger partial charge in [-0.05, 0) is 36.6 Å². The van der Waals surface area contributed by atoms with Crippen molar-refractivity contribution in [2.45, 2.75) is 25.3 Å². The summed E-state index contributed by atoms with van der Waals surface area (Å²) >= 11 is 0. The maximum atomic E-state index is 12.6. The molecule has 0 radical (unpaired) electrons. The fourth-order valence-electron chi connectivity index (χ4n) is 3.60. The summed E-state index contributed by atoms with van der Waals surface area (Å²) in [7, 11) is 1.59. The van der Waals surface area contributed by atoms with Crippen LogP contribution in [0.15, 0.2) is 48.5 Å². The minimum absolute atomic E-state index is 0.0722. The molecule has 1 heterocycles. The minimum Gasteiger partial charge on any atom is -0.496 e. The highest BCUT2D eigenvalue weighted by atomic mass is 16.5. The van der Waals surface area contributed by atoms with Gasteiger partial charge in [0, 0.05) is 29.1 Å². The number of hydrogen-bond donors (Lipinski definition) is 2. The van der Waals surface area contributed by atoms with Crippen LogP contribution in [0.1, 0.15) is 28.0 Å². The van der Waals surface area contributed by atoms with E-state index in [4.69, 9.17) is 4.74 Å². The third kappa shape index (κ3) is 2.54. The van der Waals surface area contributed by atoms with Crippen LogP contribution in [0, 0.1) is 0 Å². The maximum absolute atomic E-state index is 12.6. The first-order chi connectivity index (χ1) is 11.8. The molecule has 1 amide bonds. The van der Waals surface area contributed by atoms with E-state index in [0.29, 0.717) is 11.3 Å². The molecule has 4 rings (SSSR count). The number of carbonyl (C=O) groups excluding carboxylic acids is 1. The molecule has 0 saturated carbocycles. The van der Waals surface area contributed by atoms with Crippen LogP contribution in [0.4, 0.5) is 0 Å². The summed E-state index contributed by atoms with van der Waals surface area (Å²) in [6.45, 7) is 0. The van der Waals surface area contributed by atoms with E-state index in [1.165, 1.54) is 22.2 Å². The van der Waals surface area contributed by atoms with Gasteiger partial charge in [-0.3, -0.25) is 4.79 Å². The highest BCUT2D eigenvalue weighted by Crippen LogP contribution is 2.29. The molecule has 0 aliphatic heterocycles. The van der Waals surface area contributed by atoms with Crippen molar-refractivity contribution in [3.05, 3.63) is 65.4 Å². The molecular formula is C20H20N2O2. The number of rotatable bonds is 3. The van der Waals surface area contributed by atoms with E-state index >= 15 is 0 Å². The summed E-state index contributed by atoms with van der Waals surface area (Å²) in [4.78, 5) is 16.1. The number of amides is 1. The average molecular weight is 320 g/mol. The lowest BCUT2D eigenvalue weighted by Crippen LogP contribution is -2.38. The van der Waals surface area contributed by atoms with Gasteiger partial charge in [-0.15, -0.1) is 0 Å². The Hall–Kier alpha value is -2.75. The molecule has 4 heteroatoms. The van der Waals surface area contributed by atoms with E-state index in [9.17, 15) is 4.79 Å². The number of ether oxygens (including phenoxy) is 1. The second kappa shape index (κ2) is 6.04. The largest absolute Gasteiger partial charge is 0.496 e. The van der Waals surface area contributed by atoms with Crippen molar-refractivity contribution in [3.8, 4) is 5.75 Å². The van der Waals surface area contributed by atoms with Crippen molar-refractivity contribution in [2.24, 2.45) is 0 Å². The van der Waals surface area contributed by atoms with Crippen LogP contribution in [-0.4, -0.2) is 24.0 Å². The number of aromatic amines is 1. The molecule has 0 saturated heterocycles. The van der Waals surface area contributed by atoms with E-state index in [1.54, 1.807) is 13.2 Å². The quantitative estimate of drug-likeness (QED) is 0.776. The Bertz CT molecular complexity index is 898. The molecule has 1 unspecified atom stereocenters. The number of methoxy groups -OCH3 is 1. The van der Waals surface area contributed by atoms with Gasteiger partial charge in [0.1, 0.15) is 5.75 Å². The summed E-state index contributed by atoms with van der Waals surface area (Å²) in [5, 5.41) is 4.46. The Morgan fingerprint density at radius 3 is 2.83 bits per heavy atom. The van der Waals surface area contributed by atoms with Crippen LogP contribution in [0.2, 0.25) is 0 Å². The first-order valence-corrected chi connectivity index (χ1v) is 8.28. The smallest absolute Gasteiger partial charge is 0.255 e. The molecule has 0 bridgehead atoms. The van der Waals surface area contributed by atoms with Crippen LogP contribution >= 0.6 is 0 Å². The normalized spacial score (nSPS) is 16.6. The molecule has 2 N–H and O–H groups in total. The zero-order valence-electron chi connectivity index (χ0n) is 13.6. The highest BCUT2D eigenvalue weighted by Gasteiger charge is 2.24. The van der Waals surface area contributed by atoms with Gasteiger partial charge >= 0.3 is 0 Å². The Labute approximate surface area is 140 Å². The van der Waals surface area contributed by atoms with Gasteiger partial charge < -0.3 is 15.0 Å². The van der Waals surface area contributed by atoms with Crippen LogP contribution in [-0.2, 0) is 12.8 Å². The van der Waals surface area contributed by atoms with E-state index < -0.39 is 0 Å². The molecule has 1 atom stereocenters. The third-order valence-electron chi connectivity index (χ3n) is 4.78. The Kier molecular flexibility index (Phi) is 3.73.